The number of aromatic nitrogens is 1. The van der Waals surface area contributed by atoms with Crippen LogP contribution < -0.4 is 5.73 Å². The van der Waals surface area contributed by atoms with E-state index in [0.29, 0.717) is 16.9 Å². The van der Waals surface area contributed by atoms with Crippen LogP contribution >= 0.6 is 0 Å². The van der Waals surface area contributed by atoms with Gasteiger partial charge in [-0.3, -0.25) is 0 Å². The molecule has 0 bridgehead atoms. The van der Waals surface area contributed by atoms with Gasteiger partial charge in [-0.2, -0.15) is 13.2 Å². The Morgan fingerprint density at radius 1 is 1.00 bits per heavy atom. The molecule has 0 unspecified atom stereocenters. The number of halogens is 3. The minimum absolute atomic E-state index is 0.298. The lowest BCUT2D eigenvalue weighted by molar-refractivity contribution is -0.137. The van der Waals surface area contributed by atoms with Crippen LogP contribution in [0.1, 0.15) is 5.56 Å². The number of pyridine rings is 1. The molecule has 0 aliphatic carbocycles. The van der Waals surface area contributed by atoms with E-state index in [4.69, 9.17) is 5.73 Å². The highest BCUT2D eigenvalue weighted by Gasteiger charge is 2.29. The monoisotopic (exact) mass is 238 g/mol. The molecular formula is C12H9F3N2. The molecule has 0 aliphatic rings. The van der Waals surface area contributed by atoms with Crippen LogP contribution in [-0.2, 0) is 6.18 Å². The summed E-state index contributed by atoms with van der Waals surface area (Å²) in [6.45, 7) is 0. The smallest absolute Gasteiger partial charge is 0.383 e. The van der Waals surface area contributed by atoms with Crippen molar-refractivity contribution in [2.75, 3.05) is 5.73 Å². The first-order valence-electron chi connectivity index (χ1n) is 4.86. The molecule has 1 aromatic carbocycles. The van der Waals surface area contributed by atoms with Gasteiger partial charge < -0.3 is 5.73 Å². The van der Waals surface area contributed by atoms with Gasteiger partial charge in [-0.25, -0.2) is 4.98 Å². The van der Waals surface area contributed by atoms with Crippen molar-refractivity contribution in [2.24, 2.45) is 0 Å². The van der Waals surface area contributed by atoms with Crippen molar-refractivity contribution >= 4 is 5.82 Å². The zero-order chi connectivity index (χ0) is 12.5. The normalized spacial score (nSPS) is 11.5. The molecule has 1 aromatic heterocycles. The molecule has 0 saturated carbocycles. The second kappa shape index (κ2) is 4.08. The number of anilines is 1. The van der Waals surface area contributed by atoms with E-state index in [-0.39, 0.29) is 0 Å². The van der Waals surface area contributed by atoms with E-state index < -0.39 is 11.7 Å². The van der Waals surface area contributed by atoms with E-state index in [1.165, 1.54) is 18.3 Å². The van der Waals surface area contributed by atoms with Crippen molar-refractivity contribution in [1.29, 1.82) is 0 Å². The summed E-state index contributed by atoms with van der Waals surface area (Å²) in [6.07, 6.45) is -2.79. The molecule has 2 rings (SSSR count). The number of benzene rings is 1. The molecule has 0 fully saturated rings. The molecule has 88 valence electrons. The molecule has 0 amide bonds. The van der Waals surface area contributed by atoms with Crippen LogP contribution in [0.25, 0.3) is 11.1 Å². The number of nitrogens with zero attached hydrogens (tertiary/aromatic N) is 1. The van der Waals surface area contributed by atoms with Gasteiger partial charge in [-0.1, -0.05) is 12.1 Å². The molecule has 0 atom stereocenters. The van der Waals surface area contributed by atoms with E-state index in [1.54, 1.807) is 12.1 Å². The summed E-state index contributed by atoms with van der Waals surface area (Å²) >= 11 is 0. The van der Waals surface area contributed by atoms with Crippen LogP contribution in [-0.4, -0.2) is 4.98 Å². The van der Waals surface area contributed by atoms with Gasteiger partial charge in [-0.05, 0) is 29.8 Å². The fourth-order valence-corrected chi connectivity index (χ4v) is 1.50. The molecule has 0 saturated heterocycles. The molecule has 2 N–H and O–H groups in total. The molecular weight excluding hydrogens is 229 g/mol. The van der Waals surface area contributed by atoms with Gasteiger partial charge in [-0.15, -0.1) is 0 Å². The Hall–Kier alpha value is -2.04. The Labute approximate surface area is 95.9 Å². The standard InChI is InChI=1S/C12H9F3N2/c13-12(14,15)9-5-3-8(4-6-9)10-2-1-7-17-11(10)16/h1-7H,(H2,16,17). The fraction of sp³-hybridized carbons (Fsp3) is 0.0833. The molecule has 17 heavy (non-hydrogen) atoms. The molecule has 0 radical (unpaired) electrons. The predicted molar refractivity (Wildman–Crippen MR) is 59.1 cm³/mol. The Morgan fingerprint density at radius 2 is 1.65 bits per heavy atom. The topological polar surface area (TPSA) is 38.9 Å². The summed E-state index contributed by atoms with van der Waals surface area (Å²) in [7, 11) is 0. The maximum absolute atomic E-state index is 12.4. The van der Waals surface area contributed by atoms with Crippen molar-refractivity contribution in [3.8, 4) is 11.1 Å². The van der Waals surface area contributed by atoms with Gasteiger partial charge in [0.05, 0.1) is 5.56 Å². The molecule has 5 heteroatoms. The minimum atomic E-state index is -4.32. The molecule has 1 heterocycles. The zero-order valence-electron chi connectivity index (χ0n) is 8.70. The largest absolute Gasteiger partial charge is 0.416 e. The van der Waals surface area contributed by atoms with Crippen molar-refractivity contribution < 1.29 is 13.2 Å². The lowest BCUT2D eigenvalue weighted by Gasteiger charge is -2.08. The summed E-state index contributed by atoms with van der Waals surface area (Å²) in [6, 6.07) is 8.23. The number of hydrogen-bond acceptors (Lipinski definition) is 2. The van der Waals surface area contributed by atoms with Crippen LogP contribution in [0.5, 0.6) is 0 Å². The fourth-order valence-electron chi connectivity index (χ4n) is 1.50. The Kier molecular flexibility index (Phi) is 2.75. The second-order valence-electron chi connectivity index (χ2n) is 3.51. The average Bonchev–Trinajstić information content (AvgIpc) is 2.29. The van der Waals surface area contributed by atoms with Crippen LogP contribution in [0.15, 0.2) is 42.6 Å². The summed E-state index contributed by atoms with van der Waals surface area (Å²) < 4.78 is 37.1. The number of alkyl halides is 3. The van der Waals surface area contributed by atoms with Gasteiger partial charge in [0.25, 0.3) is 0 Å². The lowest BCUT2D eigenvalue weighted by atomic mass is 10.0. The summed E-state index contributed by atoms with van der Waals surface area (Å²) in [5.41, 5.74) is 6.21. The van der Waals surface area contributed by atoms with Crippen LogP contribution in [0.2, 0.25) is 0 Å². The third kappa shape index (κ3) is 2.38. The van der Waals surface area contributed by atoms with Crippen molar-refractivity contribution in [1.82, 2.24) is 4.98 Å². The van der Waals surface area contributed by atoms with Crippen molar-refractivity contribution in [3.05, 3.63) is 48.2 Å². The minimum Gasteiger partial charge on any atom is -0.383 e. The van der Waals surface area contributed by atoms with E-state index in [1.807, 2.05) is 0 Å². The van der Waals surface area contributed by atoms with Crippen LogP contribution in [0.4, 0.5) is 19.0 Å². The Balaban J connectivity index is 2.40. The molecule has 0 aliphatic heterocycles. The molecule has 2 nitrogen and oxygen atoms in total. The first-order chi connectivity index (χ1) is 7.98. The number of nitrogen functional groups attached to an aromatic ring is 1. The Morgan fingerprint density at radius 3 is 2.18 bits per heavy atom. The third-order valence-electron chi connectivity index (χ3n) is 2.36. The number of hydrogen-bond donors (Lipinski definition) is 1. The van der Waals surface area contributed by atoms with E-state index >= 15 is 0 Å². The second-order valence-corrected chi connectivity index (χ2v) is 3.51. The van der Waals surface area contributed by atoms with Gasteiger partial charge in [0.15, 0.2) is 0 Å². The Bertz CT molecular complexity index is 518. The quantitative estimate of drug-likeness (QED) is 0.827. The highest BCUT2D eigenvalue weighted by atomic mass is 19.4. The van der Waals surface area contributed by atoms with Gasteiger partial charge in [0.1, 0.15) is 5.82 Å². The highest BCUT2D eigenvalue weighted by Crippen LogP contribution is 2.31. The predicted octanol–water partition coefficient (Wildman–Crippen LogP) is 3.35. The number of rotatable bonds is 1. The molecule has 2 aromatic rings. The first-order valence-corrected chi connectivity index (χ1v) is 4.86. The van der Waals surface area contributed by atoms with Crippen LogP contribution in [0, 0.1) is 0 Å². The average molecular weight is 238 g/mol. The van der Waals surface area contributed by atoms with Gasteiger partial charge in [0.2, 0.25) is 0 Å². The van der Waals surface area contributed by atoms with Gasteiger partial charge in [0, 0.05) is 11.8 Å². The van der Waals surface area contributed by atoms with Crippen LogP contribution in [0.3, 0.4) is 0 Å². The van der Waals surface area contributed by atoms with Crippen molar-refractivity contribution in [3.63, 3.8) is 0 Å². The third-order valence-corrected chi connectivity index (χ3v) is 2.36. The van der Waals surface area contributed by atoms with E-state index in [0.717, 1.165) is 12.1 Å². The van der Waals surface area contributed by atoms with Crippen molar-refractivity contribution in [2.45, 2.75) is 6.18 Å². The maximum Gasteiger partial charge on any atom is 0.416 e. The van der Waals surface area contributed by atoms with E-state index in [9.17, 15) is 13.2 Å². The first kappa shape index (κ1) is 11.4. The summed E-state index contributed by atoms with van der Waals surface area (Å²) in [5, 5.41) is 0. The summed E-state index contributed by atoms with van der Waals surface area (Å²) in [4.78, 5) is 3.88. The lowest BCUT2D eigenvalue weighted by Crippen LogP contribution is -2.04. The molecule has 0 spiro atoms. The maximum atomic E-state index is 12.4. The van der Waals surface area contributed by atoms with E-state index in [2.05, 4.69) is 4.98 Å². The highest BCUT2D eigenvalue weighted by molar-refractivity contribution is 5.73. The SMILES string of the molecule is Nc1ncccc1-c1ccc(C(F)(F)F)cc1. The number of nitrogens with two attached hydrogens (primary N) is 1. The summed E-state index contributed by atoms with van der Waals surface area (Å²) in [5.74, 6) is 0.298. The van der Waals surface area contributed by atoms with Gasteiger partial charge >= 0.3 is 6.18 Å². The zero-order valence-corrected chi connectivity index (χ0v) is 8.70.